The lowest BCUT2D eigenvalue weighted by Gasteiger charge is -2.05. The Morgan fingerprint density at radius 2 is 2.00 bits per heavy atom. The molecule has 2 aromatic heterocycles. The fourth-order valence-electron chi connectivity index (χ4n) is 2.32. The van der Waals surface area contributed by atoms with E-state index in [0.29, 0.717) is 22.5 Å². The summed E-state index contributed by atoms with van der Waals surface area (Å²) in [5.74, 6) is -0.684. The highest BCUT2D eigenvalue weighted by Gasteiger charge is 2.09. The van der Waals surface area contributed by atoms with Crippen molar-refractivity contribution >= 4 is 11.1 Å². The quantitative estimate of drug-likeness (QED) is 0.571. The summed E-state index contributed by atoms with van der Waals surface area (Å²) < 4.78 is 38.9. The summed E-state index contributed by atoms with van der Waals surface area (Å²) in [6.45, 7) is 0.208. The highest BCUT2D eigenvalue weighted by molar-refractivity contribution is 5.73. The van der Waals surface area contributed by atoms with Gasteiger partial charge in [0.05, 0.1) is 0 Å². The molecule has 0 atom stereocenters. The van der Waals surface area contributed by atoms with Crippen LogP contribution < -0.4 is 4.74 Å². The van der Waals surface area contributed by atoms with Gasteiger partial charge in [-0.05, 0) is 30.3 Å². The van der Waals surface area contributed by atoms with Crippen molar-refractivity contribution in [3.05, 3.63) is 72.4 Å². The minimum Gasteiger partial charge on any atom is -0.487 e. The molecule has 0 aliphatic carbocycles. The molecule has 0 bridgehead atoms. The van der Waals surface area contributed by atoms with E-state index in [9.17, 15) is 8.78 Å². The average molecular weight is 327 g/mol. The van der Waals surface area contributed by atoms with Gasteiger partial charge in [-0.15, -0.1) is 0 Å². The number of benzene rings is 2. The summed E-state index contributed by atoms with van der Waals surface area (Å²) in [5, 5.41) is 4.23. The molecule has 0 aliphatic heterocycles. The maximum Gasteiger partial charge on any atom is 0.181 e. The number of nitrogens with zero attached hydrogens (tertiary/aromatic N) is 3. The number of aromatic nitrogens is 3. The Kier molecular flexibility index (Phi) is 3.45. The molecular weight excluding hydrogens is 316 g/mol. The number of halogens is 2. The van der Waals surface area contributed by atoms with Gasteiger partial charge in [-0.25, -0.2) is 18.4 Å². The summed E-state index contributed by atoms with van der Waals surface area (Å²) in [5.41, 5.74) is 2.16. The van der Waals surface area contributed by atoms with Gasteiger partial charge in [-0.3, -0.25) is 0 Å². The van der Waals surface area contributed by atoms with Crippen molar-refractivity contribution < 1.29 is 17.9 Å². The Morgan fingerprint density at radius 3 is 2.88 bits per heavy atom. The third-order valence-corrected chi connectivity index (χ3v) is 3.49. The lowest BCUT2D eigenvalue weighted by atomic mass is 10.3. The van der Waals surface area contributed by atoms with E-state index in [1.165, 1.54) is 23.2 Å². The molecule has 0 radical (unpaired) electrons. The van der Waals surface area contributed by atoms with Crippen LogP contribution >= 0.6 is 0 Å². The van der Waals surface area contributed by atoms with Crippen LogP contribution in [0.25, 0.3) is 16.8 Å². The van der Waals surface area contributed by atoms with Crippen molar-refractivity contribution in [2.45, 2.75) is 6.61 Å². The van der Waals surface area contributed by atoms with Gasteiger partial charge in [-0.2, -0.15) is 5.10 Å². The monoisotopic (exact) mass is 327 g/mol. The van der Waals surface area contributed by atoms with Crippen LogP contribution in [0.15, 0.2) is 59.5 Å². The first-order valence-corrected chi connectivity index (χ1v) is 7.15. The predicted molar refractivity (Wildman–Crippen MR) is 81.8 cm³/mol. The first kappa shape index (κ1) is 14.4. The number of fused-ring (bicyclic) bond motifs is 1. The smallest absolute Gasteiger partial charge is 0.181 e. The third-order valence-electron chi connectivity index (χ3n) is 3.49. The van der Waals surface area contributed by atoms with E-state index in [1.54, 1.807) is 30.5 Å². The van der Waals surface area contributed by atoms with Gasteiger partial charge in [0, 0.05) is 18.3 Å². The van der Waals surface area contributed by atoms with E-state index >= 15 is 0 Å². The van der Waals surface area contributed by atoms with Crippen molar-refractivity contribution in [2.75, 3.05) is 0 Å². The summed E-state index contributed by atoms with van der Waals surface area (Å²) in [6, 6.07) is 10.3. The van der Waals surface area contributed by atoms with Crippen LogP contribution in [0.2, 0.25) is 0 Å². The van der Waals surface area contributed by atoms with Gasteiger partial charge in [-0.1, -0.05) is 0 Å². The molecule has 5 nitrogen and oxygen atoms in total. The van der Waals surface area contributed by atoms with Crippen LogP contribution in [0.1, 0.15) is 5.69 Å². The van der Waals surface area contributed by atoms with Crippen LogP contribution in [0.4, 0.5) is 8.78 Å². The zero-order valence-corrected chi connectivity index (χ0v) is 12.3. The van der Waals surface area contributed by atoms with Crippen LogP contribution in [0.5, 0.6) is 5.75 Å². The Hall–Kier alpha value is -3.22. The van der Waals surface area contributed by atoms with Crippen molar-refractivity contribution in [2.24, 2.45) is 0 Å². The molecule has 0 unspecified atom stereocenters. The van der Waals surface area contributed by atoms with Crippen LogP contribution in [-0.4, -0.2) is 14.8 Å². The van der Waals surface area contributed by atoms with Crippen molar-refractivity contribution in [3.8, 4) is 11.4 Å². The lowest BCUT2D eigenvalue weighted by molar-refractivity contribution is 0.301. The summed E-state index contributed by atoms with van der Waals surface area (Å²) >= 11 is 0. The largest absolute Gasteiger partial charge is 0.487 e. The van der Waals surface area contributed by atoms with Crippen LogP contribution in [-0.2, 0) is 6.61 Å². The molecule has 0 saturated carbocycles. The second-order valence-electron chi connectivity index (χ2n) is 5.12. The molecule has 7 heteroatoms. The van der Waals surface area contributed by atoms with E-state index in [4.69, 9.17) is 9.15 Å². The molecular formula is C17H11F2N3O2. The summed E-state index contributed by atoms with van der Waals surface area (Å²) in [7, 11) is 0. The SMILES string of the molecule is Fc1ccc(-n2ccc(COc3ccc4ocnc4c3)n2)c(F)c1. The zero-order chi connectivity index (χ0) is 16.5. The molecule has 0 spiro atoms. The topological polar surface area (TPSA) is 53.1 Å². The van der Waals surface area contributed by atoms with Gasteiger partial charge < -0.3 is 9.15 Å². The number of hydrogen-bond acceptors (Lipinski definition) is 4. The highest BCUT2D eigenvalue weighted by Crippen LogP contribution is 2.20. The molecule has 2 aromatic carbocycles. The molecule has 0 aliphatic rings. The van der Waals surface area contributed by atoms with Crippen molar-refractivity contribution in [1.82, 2.24) is 14.8 Å². The van der Waals surface area contributed by atoms with Crippen LogP contribution in [0.3, 0.4) is 0 Å². The number of ether oxygens (including phenoxy) is 1. The second kappa shape index (κ2) is 5.77. The molecule has 24 heavy (non-hydrogen) atoms. The summed E-state index contributed by atoms with van der Waals surface area (Å²) in [4.78, 5) is 4.06. The van der Waals surface area contributed by atoms with E-state index < -0.39 is 11.6 Å². The Balaban J connectivity index is 1.50. The Morgan fingerprint density at radius 1 is 1.08 bits per heavy atom. The molecule has 4 rings (SSSR count). The van der Waals surface area contributed by atoms with E-state index in [0.717, 1.165) is 6.07 Å². The van der Waals surface area contributed by atoms with E-state index in [1.807, 2.05) is 0 Å². The van der Waals surface area contributed by atoms with Crippen molar-refractivity contribution in [1.29, 1.82) is 0 Å². The van der Waals surface area contributed by atoms with Crippen molar-refractivity contribution in [3.63, 3.8) is 0 Å². The Labute approximate surface area is 135 Å². The maximum absolute atomic E-state index is 13.8. The zero-order valence-electron chi connectivity index (χ0n) is 12.3. The van der Waals surface area contributed by atoms with Gasteiger partial charge in [0.25, 0.3) is 0 Å². The van der Waals surface area contributed by atoms with Gasteiger partial charge in [0.2, 0.25) is 0 Å². The van der Waals surface area contributed by atoms with Gasteiger partial charge in [0.15, 0.2) is 17.8 Å². The first-order valence-electron chi connectivity index (χ1n) is 7.15. The number of rotatable bonds is 4. The maximum atomic E-state index is 13.8. The molecule has 0 amide bonds. The first-order chi connectivity index (χ1) is 11.7. The van der Waals surface area contributed by atoms with Gasteiger partial charge in [0.1, 0.15) is 35.1 Å². The number of hydrogen-bond donors (Lipinski definition) is 0. The fourth-order valence-corrected chi connectivity index (χ4v) is 2.32. The minimum absolute atomic E-state index is 0.173. The summed E-state index contributed by atoms with van der Waals surface area (Å²) in [6.07, 6.45) is 2.96. The Bertz CT molecular complexity index is 1010. The average Bonchev–Trinajstić information content (AvgIpc) is 3.21. The lowest BCUT2D eigenvalue weighted by Crippen LogP contribution is -2.02. The second-order valence-corrected chi connectivity index (χ2v) is 5.12. The molecule has 2 heterocycles. The fraction of sp³-hybridized carbons (Fsp3) is 0.0588. The third kappa shape index (κ3) is 2.71. The molecule has 4 aromatic rings. The van der Waals surface area contributed by atoms with Crippen LogP contribution in [0, 0.1) is 11.6 Å². The van der Waals surface area contributed by atoms with E-state index in [2.05, 4.69) is 10.1 Å². The predicted octanol–water partition coefficient (Wildman–Crippen LogP) is 3.87. The normalized spacial score (nSPS) is 11.1. The van der Waals surface area contributed by atoms with Gasteiger partial charge >= 0.3 is 0 Å². The highest BCUT2D eigenvalue weighted by atomic mass is 19.1. The standard InChI is InChI=1S/C17H11F2N3O2/c18-11-1-3-16(14(19)7-11)22-6-5-12(21-22)9-23-13-2-4-17-15(8-13)20-10-24-17/h1-8,10H,9H2. The molecule has 120 valence electrons. The molecule has 0 saturated heterocycles. The van der Waals surface area contributed by atoms with E-state index in [-0.39, 0.29) is 12.3 Å². The minimum atomic E-state index is -0.679. The number of oxazole rings is 1. The molecule has 0 N–H and O–H groups in total. The molecule has 0 fully saturated rings.